The summed E-state index contributed by atoms with van der Waals surface area (Å²) in [6.45, 7) is 0.783. The highest BCUT2D eigenvalue weighted by atomic mass is 32.2. The molecule has 0 radical (unpaired) electrons. The summed E-state index contributed by atoms with van der Waals surface area (Å²) >= 11 is 3.60. The van der Waals surface area contributed by atoms with E-state index in [4.69, 9.17) is 4.74 Å². The summed E-state index contributed by atoms with van der Waals surface area (Å²) in [7, 11) is 0. The maximum atomic E-state index is 11.9. The summed E-state index contributed by atoms with van der Waals surface area (Å²) in [5, 5.41) is 0. The fourth-order valence-corrected chi connectivity index (χ4v) is 4.32. The second-order valence-corrected chi connectivity index (χ2v) is 6.39. The van der Waals surface area contributed by atoms with Gasteiger partial charge in [0.15, 0.2) is 0 Å². The largest absolute Gasteiger partial charge is 0.374 e. The number of ketones is 1. The molecule has 2 unspecified atom stereocenters. The van der Waals surface area contributed by atoms with Crippen LogP contribution >= 0.6 is 23.5 Å². The van der Waals surface area contributed by atoms with Gasteiger partial charge in [0.25, 0.3) is 0 Å². The van der Waals surface area contributed by atoms with Crippen molar-refractivity contribution in [2.24, 2.45) is 5.92 Å². The third-order valence-corrected chi connectivity index (χ3v) is 5.10. The van der Waals surface area contributed by atoms with Crippen LogP contribution in [0.15, 0.2) is 0 Å². The predicted octanol–water partition coefficient (Wildman–Crippen LogP) is 2.22. The van der Waals surface area contributed by atoms with E-state index in [1.165, 1.54) is 5.75 Å². The van der Waals surface area contributed by atoms with Gasteiger partial charge in [0.2, 0.25) is 0 Å². The molecule has 2 aliphatic rings. The molecule has 2 rings (SSSR count). The quantitative estimate of drug-likeness (QED) is 0.763. The van der Waals surface area contributed by atoms with Crippen LogP contribution in [0.25, 0.3) is 0 Å². The highest BCUT2D eigenvalue weighted by molar-refractivity contribution is 7.99. The van der Waals surface area contributed by atoms with Gasteiger partial charge in [0.1, 0.15) is 5.78 Å². The van der Waals surface area contributed by atoms with Crippen molar-refractivity contribution < 1.29 is 9.53 Å². The first-order chi connectivity index (χ1) is 7.26. The van der Waals surface area contributed by atoms with E-state index in [1.807, 2.05) is 18.0 Å². The van der Waals surface area contributed by atoms with Gasteiger partial charge in [-0.3, -0.25) is 4.79 Å². The molecule has 0 N–H and O–H groups in total. The molecule has 0 bridgehead atoms. The Bertz CT molecular complexity index is 237. The van der Waals surface area contributed by atoms with Crippen LogP contribution in [-0.4, -0.2) is 41.5 Å². The molecule has 2 heterocycles. The number of ether oxygens (including phenoxy) is 1. The Morgan fingerprint density at radius 3 is 3.20 bits per heavy atom. The van der Waals surface area contributed by atoms with Crippen molar-refractivity contribution in [2.75, 3.05) is 30.1 Å². The third-order valence-electron chi connectivity index (χ3n) is 3.30. The minimum atomic E-state index is 0.0572. The molecular formula is C11H18O2S2. The van der Waals surface area contributed by atoms with Crippen LogP contribution in [0.5, 0.6) is 0 Å². The minimum Gasteiger partial charge on any atom is -0.374 e. The Kier molecular flexibility index (Phi) is 4.02. The average Bonchev–Trinajstić information content (AvgIpc) is 2.67. The highest BCUT2D eigenvalue weighted by Crippen LogP contribution is 2.40. The Balaban J connectivity index is 1.94. The average molecular weight is 246 g/mol. The lowest BCUT2D eigenvalue weighted by molar-refractivity contribution is -0.131. The SMILES string of the molecule is CSCC(=O)C1CCOC2(CCSC2)C1. The van der Waals surface area contributed by atoms with Gasteiger partial charge in [-0.15, -0.1) is 0 Å². The zero-order valence-electron chi connectivity index (χ0n) is 9.16. The molecule has 15 heavy (non-hydrogen) atoms. The van der Waals surface area contributed by atoms with Gasteiger partial charge in [-0.05, 0) is 31.3 Å². The van der Waals surface area contributed by atoms with Crippen LogP contribution in [-0.2, 0) is 9.53 Å². The first kappa shape index (κ1) is 11.8. The first-order valence-electron chi connectivity index (χ1n) is 5.49. The van der Waals surface area contributed by atoms with E-state index in [1.54, 1.807) is 11.8 Å². The summed E-state index contributed by atoms with van der Waals surface area (Å²) in [6, 6.07) is 0. The molecule has 2 aliphatic heterocycles. The summed E-state index contributed by atoms with van der Waals surface area (Å²) in [6.07, 6.45) is 5.05. The second kappa shape index (κ2) is 5.11. The van der Waals surface area contributed by atoms with Gasteiger partial charge < -0.3 is 4.74 Å². The number of carbonyl (C=O) groups is 1. The van der Waals surface area contributed by atoms with Crippen molar-refractivity contribution in [3.63, 3.8) is 0 Å². The molecule has 4 heteroatoms. The summed E-state index contributed by atoms with van der Waals surface area (Å²) in [5.74, 6) is 3.67. The zero-order chi connectivity index (χ0) is 10.7. The fourth-order valence-electron chi connectivity index (χ4n) is 2.43. The topological polar surface area (TPSA) is 26.3 Å². The minimum absolute atomic E-state index is 0.0572. The molecule has 0 aliphatic carbocycles. The highest BCUT2D eigenvalue weighted by Gasteiger charge is 2.42. The molecule has 2 nitrogen and oxygen atoms in total. The molecule has 0 saturated carbocycles. The van der Waals surface area contributed by atoms with E-state index >= 15 is 0 Å². The van der Waals surface area contributed by atoms with E-state index in [0.29, 0.717) is 11.5 Å². The number of hydrogen-bond donors (Lipinski definition) is 0. The van der Waals surface area contributed by atoms with Gasteiger partial charge >= 0.3 is 0 Å². The lowest BCUT2D eigenvalue weighted by Crippen LogP contribution is -2.42. The number of hydrogen-bond acceptors (Lipinski definition) is 4. The van der Waals surface area contributed by atoms with Gasteiger partial charge in [-0.1, -0.05) is 0 Å². The van der Waals surface area contributed by atoms with Crippen LogP contribution in [0.3, 0.4) is 0 Å². The maximum Gasteiger partial charge on any atom is 0.145 e. The number of thioether (sulfide) groups is 2. The normalized spacial score (nSPS) is 35.9. The molecule has 0 aromatic carbocycles. The molecule has 2 fully saturated rings. The van der Waals surface area contributed by atoms with Crippen LogP contribution in [0.2, 0.25) is 0 Å². The Morgan fingerprint density at radius 2 is 2.53 bits per heavy atom. The molecule has 0 aromatic rings. The second-order valence-electron chi connectivity index (χ2n) is 4.42. The summed E-state index contributed by atoms with van der Waals surface area (Å²) in [4.78, 5) is 11.9. The molecule has 86 valence electrons. The monoisotopic (exact) mass is 246 g/mol. The predicted molar refractivity (Wildman–Crippen MR) is 66.7 cm³/mol. The van der Waals surface area contributed by atoms with Gasteiger partial charge in [0, 0.05) is 18.3 Å². The standard InChI is InChI=1S/C11H18O2S2/c1-14-7-10(12)9-2-4-13-11(6-9)3-5-15-8-11/h9H,2-8H2,1H3. The number of carbonyl (C=O) groups excluding carboxylic acids is 1. The van der Waals surface area contributed by atoms with Crippen molar-refractivity contribution in [1.82, 2.24) is 0 Å². The Hall–Kier alpha value is 0.330. The molecule has 1 spiro atoms. The van der Waals surface area contributed by atoms with Crippen molar-refractivity contribution in [2.45, 2.75) is 24.9 Å². The maximum absolute atomic E-state index is 11.9. The first-order valence-corrected chi connectivity index (χ1v) is 8.04. The van der Waals surface area contributed by atoms with Crippen molar-refractivity contribution in [3.05, 3.63) is 0 Å². The van der Waals surface area contributed by atoms with Gasteiger partial charge in [0.05, 0.1) is 11.4 Å². The van der Waals surface area contributed by atoms with Crippen molar-refractivity contribution in [1.29, 1.82) is 0 Å². The van der Waals surface area contributed by atoms with Crippen LogP contribution in [0.1, 0.15) is 19.3 Å². The number of rotatable bonds is 3. The smallest absolute Gasteiger partial charge is 0.145 e. The van der Waals surface area contributed by atoms with E-state index in [9.17, 15) is 4.79 Å². The van der Waals surface area contributed by atoms with E-state index in [2.05, 4.69) is 0 Å². The molecular weight excluding hydrogens is 228 g/mol. The lowest BCUT2D eigenvalue weighted by Gasteiger charge is -2.37. The summed E-state index contributed by atoms with van der Waals surface area (Å²) in [5.41, 5.74) is 0.0572. The number of Topliss-reactive ketones (excluding diaryl/α,β-unsaturated/α-hetero) is 1. The fraction of sp³-hybridized carbons (Fsp3) is 0.909. The van der Waals surface area contributed by atoms with E-state index in [0.717, 1.165) is 31.6 Å². The zero-order valence-corrected chi connectivity index (χ0v) is 10.8. The van der Waals surface area contributed by atoms with Crippen molar-refractivity contribution >= 4 is 29.3 Å². The molecule has 2 saturated heterocycles. The molecule has 0 amide bonds. The van der Waals surface area contributed by atoms with Crippen molar-refractivity contribution in [3.8, 4) is 0 Å². The van der Waals surface area contributed by atoms with E-state index < -0.39 is 0 Å². The van der Waals surface area contributed by atoms with Crippen LogP contribution in [0, 0.1) is 5.92 Å². The van der Waals surface area contributed by atoms with E-state index in [-0.39, 0.29) is 11.5 Å². The van der Waals surface area contributed by atoms with Crippen LogP contribution < -0.4 is 0 Å². The molecule has 0 aromatic heterocycles. The lowest BCUT2D eigenvalue weighted by atomic mass is 9.83. The Morgan fingerprint density at radius 1 is 1.67 bits per heavy atom. The van der Waals surface area contributed by atoms with Gasteiger partial charge in [-0.25, -0.2) is 0 Å². The Labute approximate surface area is 99.9 Å². The summed E-state index contributed by atoms with van der Waals surface area (Å²) < 4.78 is 5.91. The van der Waals surface area contributed by atoms with Crippen LogP contribution in [0.4, 0.5) is 0 Å². The third kappa shape index (κ3) is 2.71. The van der Waals surface area contributed by atoms with Gasteiger partial charge in [-0.2, -0.15) is 23.5 Å². The molecule has 2 atom stereocenters.